The van der Waals surface area contributed by atoms with Gasteiger partial charge in [-0.25, -0.2) is 0 Å². The number of ether oxygens (including phenoxy) is 1. The van der Waals surface area contributed by atoms with Crippen LogP contribution in [0, 0.1) is 0 Å². The van der Waals surface area contributed by atoms with Crippen molar-refractivity contribution in [2.45, 2.75) is 0 Å². The Bertz CT molecular complexity index is 3770. The highest BCUT2D eigenvalue weighted by molar-refractivity contribution is 6.95. The van der Waals surface area contributed by atoms with E-state index in [4.69, 9.17) is 9.15 Å². The van der Waals surface area contributed by atoms with Gasteiger partial charge in [-0.2, -0.15) is 0 Å². The molecule has 0 amide bonds. The molecule has 1 aliphatic heterocycles. The summed E-state index contributed by atoms with van der Waals surface area (Å²) in [5, 5.41) is 4.51. The Kier molecular flexibility index (Phi) is 9.61. The number of anilines is 3. The first-order valence-corrected chi connectivity index (χ1v) is 23.3. The molecule has 0 N–H and O–H groups in total. The van der Waals surface area contributed by atoms with Crippen molar-refractivity contribution >= 4 is 72.9 Å². The van der Waals surface area contributed by atoms with Crippen LogP contribution in [0.25, 0.3) is 77.2 Å². The van der Waals surface area contributed by atoms with E-state index < -0.39 is 0 Å². The highest BCUT2D eigenvalue weighted by atomic mass is 16.5. The van der Waals surface area contributed by atoms with Crippen LogP contribution < -0.4 is 26.0 Å². The van der Waals surface area contributed by atoms with Crippen molar-refractivity contribution in [2.24, 2.45) is 0 Å². The van der Waals surface area contributed by atoms with E-state index in [-0.39, 0.29) is 6.71 Å². The maximum absolute atomic E-state index is 6.83. The number of para-hydroxylation sites is 3. The minimum absolute atomic E-state index is 0.150. The van der Waals surface area contributed by atoms with Gasteiger partial charge in [-0.05, 0) is 87.3 Å². The third-order valence-corrected chi connectivity index (χ3v) is 13.6. The molecule has 0 fully saturated rings. The Morgan fingerprint density at radius 2 is 0.882 bits per heavy atom. The Morgan fingerprint density at radius 1 is 0.324 bits per heavy atom. The first-order chi connectivity index (χ1) is 33.7. The molecule has 4 heteroatoms. The van der Waals surface area contributed by atoms with Gasteiger partial charge in [0.25, 0.3) is 0 Å². The van der Waals surface area contributed by atoms with E-state index in [1.165, 1.54) is 38.5 Å². The van der Waals surface area contributed by atoms with Gasteiger partial charge >= 0.3 is 0 Å². The Labute approximate surface area is 395 Å². The van der Waals surface area contributed by atoms with E-state index in [0.717, 1.165) is 83.7 Å². The zero-order valence-corrected chi connectivity index (χ0v) is 37.1. The molecule has 11 aromatic carbocycles. The number of hydrogen-bond acceptors (Lipinski definition) is 3. The fourth-order valence-corrected chi connectivity index (χ4v) is 10.4. The van der Waals surface area contributed by atoms with Crippen molar-refractivity contribution in [3.63, 3.8) is 0 Å². The van der Waals surface area contributed by atoms with Crippen LogP contribution in [0.4, 0.5) is 17.1 Å². The molecule has 0 bridgehead atoms. The number of furan rings is 1. The van der Waals surface area contributed by atoms with Gasteiger partial charge in [0.15, 0.2) is 5.58 Å². The topological polar surface area (TPSA) is 25.6 Å². The summed E-state index contributed by atoms with van der Waals surface area (Å²) in [5.74, 6) is 1.73. The van der Waals surface area contributed by atoms with Gasteiger partial charge in [0.2, 0.25) is 6.71 Å². The smallest absolute Gasteiger partial charge is 0.241 e. The molecule has 318 valence electrons. The predicted octanol–water partition coefficient (Wildman–Crippen LogP) is 15.5. The average Bonchev–Trinajstić information content (AvgIpc) is 3.80. The Balaban J connectivity index is 0.849. The molecule has 0 atom stereocenters. The number of hydrogen-bond donors (Lipinski definition) is 0. The lowest BCUT2D eigenvalue weighted by atomic mass is 9.37. The summed E-state index contributed by atoms with van der Waals surface area (Å²) in [4.78, 5) is 2.33. The van der Waals surface area contributed by atoms with Crippen molar-refractivity contribution in [1.29, 1.82) is 0 Å². The van der Waals surface area contributed by atoms with Gasteiger partial charge in [-0.1, -0.05) is 223 Å². The summed E-state index contributed by atoms with van der Waals surface area (Å²) < 4.78 is 13.5. The summed E-state index contributed by atoms with van der Waals surface area (Å²) in [6, 6.07) is 91.1. The lowest BCUT2D eigenvalue weighted by molar-refractivity contribution is 0.487. The molecule has 1 aliphatic rings. The SMILES string of the molecule is c1ccc(B(c2ccccc2)c2ccc(-c3ccc4c5c(cccc35)Oc3cc(-c5ccc(N(c6ccccc6-c6ccccc6)c6cccc7c6oc6ccccc67)cc5)ccc3-4)cc2)cc1. The quantitative estimate of drug-likeness (QED) is 0.135. The van der Waals surface area contributed by atoms with Gasteiger partial charge in [0.1, 0.15) is 17.1 Å². The van der Waals surface area contributed by atoms with Crippen molar-refractivity contribution in [1.82, 2.24) is 0 Å². The van der Waals surface area contributed by atoms with Crippen LogP contribution in [0.1, 0.15) is 0 Å². The normalized spacial score (nSPS) is 11.6. The molecule has 1 aromatic heterocycles. The molecule has 0 spiro atoms. The van der Waals surface area contributed by atoms with Gasteiger partial charge in [-0.15, -0.1) is 0 Å². The fourth-order valence-electron chi connectivity index (χ4n) is 10.4. The average molecular weight is 868 g/mol. The molecular weight excluding hydrogens is 826 g/mol. The number of rotatable bonds is 9. The van der Waals surface area contributed by atoms with Crippen LogP contribution in [-0.2, 0) is 0 Å². The van der Waals surface area contributed by atoms with E-state index in [1.807, 2.05) is 12.1 Å². The predicted molar refractivity (Wildman–Crippen MR) is 285 cm³/mol. The van der Waals surface area contributed by atoms with E-state index in [0.29, 0.717) is 0 Å². The zero-order chi connectivity index (χ0) is 45.0. The first-order valence-electron chi connectivity index (χ1n) is 23.3. The van der Waals surface area contributed by atoms with Gasteiger partial charge in [0, 0.05) is 33.0 Å². The molecule has 0 radical (unpaired) electrons. The molecule has 0 saturated carbocycles. The second-order valence-corrected chi connectivity index (χ2v) is 17.5. The summed E-state index contributed by atoms with van der Waals surface area (Å²) in [6.45, 7) is 0.150. The molecule has 2 heterocycles. The van der Waals surface area contributed by atoms with Gasteiger partial charge < -0.3 is 14.1 Å². The standard InChI is InChI=1S/C64H42BNO2/c1-4-16-44(17-5-1)52-22-10-12-26-58(52)66(59-27-14-25-57-53-23-11-13-28-60(53)68-64(57)59)50-37-32-43(33-38-50)46-34-39-54-56-41-40-51(55-24-15-29-61(63(55)56)67-62(54)42-46)45-30-35-49(36-31-45)65(47-18-6-2-7-19-47)48-20-8-3-9-21-48/h1-42H. The van der Waals surface area contributed by atoms with Gasteiger partial charge in [0.05, 0.1) is 11.4 Å². The monoisotopic (exact) mass is 867 g/mol. The van der Waals surface area contributed by atoms with Crippen LogP contribution in [-0.4, -0.2) is 6.71 Å². The largest absolute Gasteiger partial charge is 0.456 e. The highest BCUT2D eigenvalue weighted by Crippen LogP contribution is 2.50. The lowest BCUT2D eigenvalue weighted by Gasteiger charge is -2.28. The van der Waals surface area contributed by atoms with Crippen LogP contribution in [0.3, 0.4) is 0 Å². The van der Waals surface area contributed by atoms with E-state index in [2.05, 4.69) is 248 Å². The van der Waals surface area contributed by atoms with Crippen molar-refractivity contribution in [2.75, 3.05) is 4.90 Å². The van der Waals surface area contributed by atoms with Crippen LogP contribution >= 0.6 is 0 Å². The molecule has 3 nitrogen and oxygen atoms in total. The number of fused-ring (bicyclic) bond motifs is 5. The molecule has 0 unspecified atom stereocenters. The third kappa shape index (κ3) is 6.77. The van der Waals surface area contributed by atoms with E-state index in [1.54, 1.807) is 0 Å². The molecule has 68 heavy (non-hydrogen) atoms. The number of nitrogens with zero attached hydrogens (tertiary/aromatic N) is 1. The third-order valence-electron chi connectivity index (χ3n) is 13.6. The molecule has 12 aromatic rings. The minimum Gasteiger partial charge on any atom is -0.456 e. The molecule has 13 rings (SSSR count). The van der Waals surface area contributed by atoms with Crippen LogP contribution in [0.5, 0.6) is 11.5 Å². The van der Waals surface area contributed by atoms with E-state index >= 15 is 0 Å². The van der Waals surface area contributed by atoms with Crippen LogP contribution in [0.2, 0.25) is 0 Å². The summed E-state index contributed by atoms with van der Waals surface area (Å²) in [6.07, 6.45) is 0. The molecule has 0 aliphatic carbocycles. The maximum Gasteiger partial charge on any atom is 0.241 e. The lowest BCUT2D eigenvalue weighted by Crippen LogP contribution is -2.51. The second-order valence-electron chi connectivity index (χ2n) is 17.5. The fraction of sp³-hybridized carbons (Fsp3) is 0. The van der Waals surface area contributed by atoms with E-state index in [9.17, 15) is 0 Å². The van der Waals surface area contributed by atoms with Gasteiger partial charge in [-0.3, -0.25) is 0 Å². The Hall–Kier alpha value is -8.86. The zero-order valence-electron chi connectivity index (χ0n) is 37.1. The second kappa shape index (κ2) is 16.5. The highest BCUT2D eigenvalue weighted by Gasteiger charge is 2.26. The summed E-state index contributed by atoms with van der Waals surface area (Å²) in [5.41, 5.74) is 17.7. The minimum atomic E-state index is 0.150. The number of benzene rings is 11. The summed E-state index contributed by atoms with van der Waals surface area (Å²) in [7, 11) is 0. The van der Waals surface area contributed by atoms with Crippen molar-refractivity contribution in [3.05, 3.63) is 255 Å². The van der Waals surface area contributed by atoms with Crippen molar-refractivity contribution in [3.8, 4) is 56.0 Å². The molecular formula is C64H42BNO2. The molecule has 0 saturated heterocycles. The summed E-state index contributed by atoms with van der Waals surface area (Å²) >= 11 is 0. The maximum atomic E-state index is 6.83. The van der Waals surface area contributed by atoms with Crippen molar-refractivity contribution < 1.29 is 9.15 Å². The Morgan fingerprint density at radius 3 is 1.66 bits per heavy atom. The first kappa shape index (κ1) is 39.5. The van der Waals surface area contributed by atoms with Crippen LogP contribution in [0.15, 0.2) is 259 Å².